The zero-order valence-electron chi connectivity index (χ0n) is 20.7. The van der Waals surface area contributed by atoms with Gasteiger partial charge in [0.15, 0.2) is 0 Å². The Hall–Kier alpha value is -2.11. The average Bonchev–Trinajstić information content (AvgIpc) is 2.74. The van der Waals surface area contributed by atoms with E-state index in [4.69, 9.17) is 4.74 Å². The van der Waals surface area contributed by atoms with Gasteiger partial charge in [0.25, 0.3) is 5.91 Å². The molecular formula is C24H32BrF3N4O2Si. The molecule has 0 aliphatic carbocycles. The second kappa shape index (κ2) is 10.9. The van der Waals surface area contributed by atoms with Crippen molar-refractivity contribution in [1.82, 2.24) is 9.88 Å². The lowest BCUT2D eigenvalue weighted by molar-refractivity contribution is -0.138. The number of benzene rings is 1. The predicted octanol–water partition coefficient (Wildman–Crippen LogP) is 5.97. The number of halogens is 4. The van der Waals surface area contributed by atoms with Gasteiger partial charge in [-0.25, -0.2) is 4.98 Å². The van der Waals surface area contributed by atoms with Gasteiger partial charge in [0, 0.05) is 50.5 Å². The van der Waals surface area contributed by atoms with Gasteiger partial charge in [-0.2, -0.15) is 13.2 Å². The van der Waals surface area contributed by atoms with Crippen molar-refractivity contribution in [2.45, 2.75) is 44.8 Å². The molecule has 11 heteroatoms. The summed E-state index contributed by atoms with van der Waals surface area (Å²) in [7, 11) is 0.636. The maximum Gasteiger partial charge on any atom is 0.417 e. The van der Waals surface area contributed by atoms with Crippen LogP contribution in [0.15, 0.2) is 34.9 Å². The van der Waals surface area contributed by atoms with Crippen molar-refractivity contribution in [1.29, 1.82) is 0 Å². The number of pyridine rings is 1. The summed E-state index contributed by atoms with van der Waals surface area (Å²) in [5.74, 6) is -1.01. The Morgan fingerprint density at radius 3 is 2.60 bits per heavy atom. The number of nitrogens with one attached hydrogen (secondary N) is 1. The van der Waals surface area contributed by atoms with Crippen LogP contribution in [-0.2, 0) is 6.18 Å². The molecule has 1 aliphatic heterocycles. The predicted molar refractivity (Wildman–Crippen MR) is 139 cm³/mol. The Morgan fingerprint density at radius 2 is 1.97 bits per heavy atom. The highest BCUT2D eigenvalue weighted by Gasteiger charge is 2.36. The minimum Gasteiger partial charge on any atom is -0.478 e. The van der Waals surface area contributed by atoms with Crippen molar-refractivity contribution < 1.29 is 22.7 Å². The Kier molecular flexibility index (Phi) is 8.54. The third kappa shape index (κ3) is 7.44. The van der Waals surface area contributed by atoms with Gasteiger partial charge in [-0.1, -0.05) is 35.6 Å². The topological polar surface area (TPSA) is 57.7 Å². The van der Waals surface area contributed by atoms with Crippen LogP contribution >= 0.6 is 15.9 Å². The fraction of sp³-hybridized carbons (Fsp3) is 0.500. The molecule has 1 amide bonds. The zero-order valence-corrected chi connectivity index (χ0v) is 23.3. The molecule has 3 rings (SSSR count). The number of nitrogens with zero attached hydrogens (tertiary/aromatic N) is 3. The number of likely N-dealkylation sites (N-methyl/N-ethyl adjacent to an activating group) is 1. The minimum absolute atomic E-state index is 0.137. The maximum atomic E-state index is 13.9. The third-order valence-corrected chi connectivity index (χ3v) is 8.24. The van der Waals surface area contributed by atoms with Crippen molar-refractivity contribution >= 4 is 41.3 Å². The molecule has 35 heavy (non-hydrogen) atoms. The van der Waals surface area contributed by atoms with Crippen LogP contribution < -0.4 is 15.0 Å². The van der Waals surface area contributed by atoms with Crippen LogP contribution in [0.4, 0.5) is 24.5 Å². The third-order valence-electron chi connectivity index (χ3n) is 6.04. The highest BCUT2D eigenvalue weighted by Crippen LogP contribution is 2.35. The van der Waals surface area contributed by atoms with Crippen LogP contribution in [0.3, 0.4) is 0 Å². The SMILES string of the molecule is C[C@H]1CN(c2ccc(Br)cc2NC(=O)c2cnc(OCC[Si](C)(C)C)cc2C(F)(F)F)CCN1C. The Bertz CT molecular complexity index is 1060. The first-order valence-electron chi connectivity index (χ1n) is 11.5. The summed E-state index contributed by atoms with van der Waals surface area (Å²) in [5.41, 5.74) is -0.426. The van der Waals surface area contributed by atoms with Crippen molar-refractivity contribution in [3.8, 4) is 5.88 Å². The lowest BCUT2D eigenvalue weighted by Crippen LogP contribution is -2.50. The van der Waals surface area contributed by atoms with Crippen LogP contribution in [0, 0.1) is 0 Å². The fourth-order valence-corrected chi connectivity index (χ4v) is 4.81. The van der Waals surface area contributed by atoms with E-state index in [0.717, 1.165) is 43.6 Å². The Morgan fingerprint density at radius 1 is 1.26 bits per heavy atom. The highest BCUT2D eigenvalue weighted by molar-refractivity contribution is 9.10. The summed E-state index contributed by atoms with van der Waals surface area (Å²) in [4.78, 5) is 21.4. The van der Waals surface area contributed by atoms with E-state index in [-0.39, 0.29) is 12.5 Å². The largest absolute Gasteiger partial charge is 0.478 e. The number of ether oxygens (including phenoxy) is 1. The van der Waals surface area contributed by atoms with E-state index in [1.54, 1.807) is 6.07 Å². The first-order valence-corrected chi connectivity index (χ1v) is 16.0. The highest BCUT2D eigenvalue weighted by atomic mass is 79.9. The number of hydrogen-bond donors (Lipinski definition) is 1. The van der Waals surface area contributed by atoms with Gasteiger partial charge in [0.05, 0.1) is 29.1 Å². The second-order valence-corrected chi connectivity index (χ2v) is 16.7. The average molecular weight is 574 g/mol. The number of piperazine rings is 1. The minimum atomic E-state index is -4.74. The lowest BCUT2D eigenvalue weighted by Gasteiger charge is -2.39. The monoisotopic (exact) mass is 572 g/mol. The first-order chi connectivity index (χ1) is 16.2. The van der Waals surface area contributed by atoms with Crippen LogP contribution in [-0.4, -0.2) is 63.2 Å². The van der Waals surface area contributed by atoms with Crippen LogP contribution in [0.5, 0.6) is 5.88 Å². The molecule has 0 unspecified atom stereocenters. The molecule has 0 radical (unpaired) electrons. The normalized spacial score (nSPS) is 17.4. The molecule has 1 aliphatic rings. The van der Waals surface area contributed by atoms with E-state index in [1.807, 2.05) is 12.1 Å². The summed E-state index contributed by atoms with van der Waals surface area (Å²) in [6.07, 6.45) is -3.79. The maximum absolute atomic E-state index is 13.9. The van der Waals surface area contributed by atoms with E-state index in [9.17, 15) is 18.0 Å². The van der Waals surface area contributed by atoms with E-state index >= 15 is 0 Å². The van der Waals surface area contributed by atoms with Gasteiger partial charge < -0.3 is 19.9 Å². The van der Waals surface area contributed by atoms with Gasteiger partial charge >= 0.3 is 6.18 Å². The number of amides is 1. The fourth-order valence-electron chi connectivity index (χ4n) is 3.73. The molecule has 1 N–H and O–H groups in total. The standard InChI is InChI=1S/C24H32BrF3N4O2Si/c1-16-15-32(9-8-31(16)2)21-7-6-17(25)12-20(21)30-23(33)18-14-29-22(13-19(18)24(26,27)28)34-10-11-35(3,4)5/h6-7,12-14,16H,8-11,15H2,1-5H3,(H,30,33)/t16-/m0/s1. The molecule has 2 heterocycles. The number of rotatable bonds is 7. The van der Waals surface area contributed by atoms with Crippen LogP contribution in [0.25, 0.3) is 0 Å². The van der Waals surface area contributed by atoms with Gasteiger partial charge in [-0.15, -0.1) is 0 Å². The van der Waals surface area contributed by atoms with E-state index in [0.29, 0.717) is 16.2 Å². The first kappa shape index (κ1) is 27.5. The van der Waals surface area contributed by atoms with Crippen molar-refractivity contribution in [3.63, 3.8) is 0 Å². The molecule has 0 saturated carbocycles. The summed E-state index contributed by atoms with van der Waals surface area (Å²) < 4.78 is 47.8. The number of anilines is 2. The van der Waals surface area contributed by atoms with Gasteiger partial charge in [0.2, 0.25) is 5.88 Å². The van der Waals surface area contributed by atoms with E-state index in [1.165, 1.54) is 0 Å². The molecule has 0 bridgehead atoms. The molecule has 6 nitrogen and oxygen atoms in total. The Labute approximate surface area is 214 Å². The number of hydrogen-bond acceptors (Lipinski definition) is 5. The molecule has 2 aromatic rings. The summed E-state index contributed by atoms with van der Waals surface area (Å²) in [6.45, 7) is 11.2. The molecular weight excluding hydrogens is 541 g/mol. The van der Waals surface area contributed by atoms with E-state index < -0.39 is 31.3 Å². The van der Waals surface area contributed by atoms with Crippen molar-refractivity contribution in [3.05, 3.63) is 46.1 Å². The van der Waals surface area contributed by atoms with Crippen molar-refractivity contribution in [2.75, 3.05) is 43.5 Å². The summed E-state index contributed by atoms with van der Waals surface area (Å²) in [6, 6.07) is 7.30. The molecule has 1 aromatic carbocycles. The smallest absolute Gasteiger partial charge is 0.417 e. The van der Waals surface area contributed by atoms with Crippen molar-refractivity contribution in [2.24, 2.45) is 0 Å². The number of aromatic nitrogens is 1. The van der Waals surface area contributed by atoms with Crippen LogP contribution in [0.1, 0.15) is 22.8 Å². The van der Waals surface area contributed by atoms with Gasteiger partial charge in [-0.05, 0) is 38.2 Å². The van der Waals surface area contributed by atoms with Crippen LogP contribution in [0.2, 0.25) is 25.7 Å². The number of carbonyl (C=O) groups excluding carboxylic acids is 1. The molecule has 0 spiro atoms. The zero-order chi connectivity index (χ0) is 26.0. The number of alkyl halides is 3. The molecule has 1 atom stereocenters. The molecule has 1 saturated heterocycles. The second-order valence-electron chi connectivity index (χ2n) is 10.1. The number of carbonyl (C=O) groups is 1. The van der Waals surface area contributed by atoms with E-state index in [2.05, 4.69) is 69.6 Å². The lowest BCUT2D eigenvalue weighted by atomic mass is 10.1. The molecule has 1 fully saturated rings. The molecule has 1 aromatic heterocycles. The van der Waals surface area contributed by atoms with Gasteiger partial charge in [-0.3, -0.25) is 4.79 Å². The Balaban J connectivity index is 1.86. The summed E-state index contributed by atoms with van der Waals surface area (Å²) >= 11 is 3.40. The molecule has 192 valence electrons. The van der Waals surface area contributed by atoms with Gasteiger partial charge in [0.1, 0.15) is 0 Å². The summed E-state index contributed by atoms with van der Waals surface area (Å²) in [5, 5.41) is 2.69. The quantitative estimate of drug-likeness (QED) is 0.414.